The fourth-order valence-electron chi connectivity index (χ4n) is 1.84. The maximum atomic E-state index is 13.2. The zero-order valence-corrected chi connectivity index (χ0v) is 11.2. The summed E-state index contributed by atoms with van der Waals surface area (Å²) < 4.78 is 88.2. The van der Waals surface area contributed by atoms with Gasteiger partial charge in [0.25, 0.3) is 0 Å². The molecule has 0 saturated carbocycles. The monoisotopic (exact) mass is 339 g/mol. The lowest BCUT2D eigenvalue weighted by atomic mass is 10.0. The summed E-state index contributed by atoms with van der Waals surface area (Å²) in [6, 6.07) is 8.83. The van der Waals surface area contributed by atoms with Crippen LogP contribution in [0.15, 0.2) is 36.4 Å². The van der Waals surface area contributed by atoms with Gasteiger partial charge >= 0.3 is 18.0 Å². The Balaban J connectivity index is 2.29. The highest BCUT2D eigenvalue weighted by Gasteiger charge is 2.75. The molecule has 0 amide bonds. The molecule has 124 valence electrons. The Labute approximate surface area is 124 Å². The van der Waals surface area contributed by atoms with Gasteiger partial charge in [0.15, 0.2) is 0 Å². The van der Waals surface area contributed by atoms with Gasteiger partial charge in [-0.05, 0) is 12.1 Å². The summed E-state index contributed by atoms with van der Waals surface area (Å²) in [6.45, 7) is 0. The number of rotatable bonds is 4. The zero-order valence-electron chi connectivity index (χ0n) is 11.2. The molecule has 1 heterocycles. The van der Waals surface area contributed by atoms with E-state index in [4.69, 9.17) is 0 Å². The second-order valence-corrected chi connectivity index (χ2v) is 4.74. The van der Waals surface area contributed by atoms with Gasteiger partial charge in [-0.1, -0.05) is 24.3 Å². The van der Waals surface area contributed by atoms with Crippen molar-refractivity contribution in [1.29, 1.82) is 0 Å². The Morgan fingerprint density at radius 2 is 1.52 bits per heavy atom. The summed E-state index contributed by atoms with van der Waals surface area (Å²) in [6.07, 6.45) is -7.88. The number of aromatic nitrogens is 1. The highest BCUT2D eigenvalue weighted by Crippen LogP contribution is 2.47. The largest absolute Gasteiger partial charge is 0.460 e. The smallest absolute Gasteiger partial charge is 0.292 e. The number of ketones is 1. The molecule has 2 nitrogen and oxygen atoms in total. The number of pyridine rings is 1. The normalized spacial score (nSPS) is 13.3. The molecule has 1 aromatic heterocycles. The van der Waals surface area contributed by atoms with Gasteiger partial charge in [-0.25, -0.2) is 0 Å². The van der Waals surface area contributed by atoms with E-state index in [2.05, 4.69) is 4.98 Å². The maximum absolute atomic E-state index is 13.2. The minimum Gasteiger partial charge on any atom is -0.292 e. The highest BCUT2D eigenvalue weighted by atomic mass is 19.4. The number of fused-ring (bicyclic) bond motifs is 1. The summed E-state index contributed by atoms with van der Waals surface area (Å²) in [7, 11) is 0. The van der Waals surface area contributed by atoms with E-state index in [1.165, 1.54) is 12.1 Å². The van der Waals surface area contributed by atoms with Gasteiger partial charge in [-0.2, -0.15) is 30.7 Å². The molecule has 23 heavy (non-hydrogen) atoms. The van der Waals surface area contributed by atoms with Crippen LogP contribution in [0.2, 0.25) is 0 Å². The lowest BCUT2D eigenvalue weighted by Gasteiger charge is -2.26. The van der Waals surface area contributed by atoms with Crippen LogP contribution in [0.25, 0.3) is 10.9 Å². The number of benzene rings is 1. The number of hydrogen-bond acceptors (Lipinski definition) is 2. The Bertz CT molecular complexity index is 739. The molecule has 2 aromatic rings. The van der Waals surface area contributed by atoms with E-state index in [0.29, 0.717) is 10.9 Å². The molecule has 0 N–H and O–H groups in total. The van der Waals surface area contributed by atoms with Crippen LogP contribution in [0.5, 0.6) is 0 Å². The number of halogens is 7. The number of carbonyl (C=O) groups is 1. The SMILES string of the molecule is O=C(Cc1ccc2ccccc2n1)C(F)(F)C(F)(F)C(F)(F)F. The maximum Gasteiger partial charge on any atom is 0.460 e. The number of alkyl halides is 7. The van der Waals surface area contributed by atoms with Gasteiger partial charge in [0.2, 0.25) is 5.78 Å². The van der Waals surface area contributed by atoms with E-state index in [1.54, 1.807) is 18.2 Å². The van der Waals surface area contributed by atoms with Crippen molar-refractivity contribution in [3.8, 4) is 0 Å². The molecule has 0 aliphatic heterocycles. The molecule has 9 heteroatoms. The third-order valence-electron chi connectivity index (χ3n) is 3.10. The summed E-state index contributed by atoms with van der Waals surface area (Å²) in [5.74, 6) is -14.9. The average Bonchev–Trinajstić information content (AvgIpc) is 2.45. The molecular weight excluding hydrogens is 331 g/mol. The van der Waals surface area contributed by atoms with Crippen molar-refractivity contribution in [1.82, 2.24) is 4.98 Å². The van der Waals surface area contributed by atoms with Gasteiger partial charge in [0.05, 0.1) is 11.9 Å². The number of carbonyl (C=O) groups excluding carboxylic acids is 1. The van der Waals surface area contributed by atoms with E-state index in [9.17, 15) is 35.5 Å². The van der Waals surface area contributed by atoms with E-state index in [-0.39, 0.29) is 5.69 Å². The fraction of sp³-hybridized carbons (Fsp3) is 0.286. The van der Waals surface area contributed by atoms with Crippen molar-refractivity contribution >= 4 is 16.7 Å². The van der Waals surface area contributed by atoms with Crippen LogP contribution in [0, 0.1) is 0 Å². The van der Waals surface area contributed by atoms with Crippen molar-refractivity contribution in [3.05, 3.63) is 42.1 Å². The van der Waals surface area contributed by atoms with Crippen molar-refractivity contribution in [2.75, 3.05) is 0 Å². The molecular formula is C14H8F7NO. The van der Waals surface area contributed by atoms with Crippen LogP contribution in [-0.4, -0.2) is 28.8 Å². The lowest BCUT2D eigenvalue weighted by molar-refractivity contribution is -0.343. The number of Topliss-reactive ketones (excluding diaryl/α,β-unsaturated/α-hetero) is 1. The van der Waals surface area contributed by atoms with Gasteiger partial charge in [0, 0.05) is 11.1 Å². The second-order valence-electron chi connectivity index (χ2n) is 4.74. The predicted octanol–water partition coefficient (Wildman–Crippen LogP) is 4.18. The van der Waals surface area contributed by atoms with E-state index in [0.717, 1.165) is 6.07 Å². The first kappa shape index (κ1) is 17.2. The summed E-state index contributed by atoms with van der Waals surface area (Å²) in [5.41, 5.74) is -0.0324. The van der Waals surface area contributed by atoms with Gasteiger partial charge < -0.3 is 0 Å². The van der Waals surface area contributed by atoms with Crippen LogP contribution < -0.4 is 0 Å². The molecule has 0 saturated heterocycles. The van der Waals surface area contributed by atoms with Crippen LogP contribution in [0.3, 0.4) is 0 Å². The standard InChI is InChI=1S/C14H8F7NO/c15-12(16,13(17,18)14(19,20)21)11(23)7-9-6-5-8-3-1-2-4-10(8)22-9/h1-6H,7H2. The topological polar surface area (TPSA) is 30.0 Å². The van der Waals surface area contributed by atoms with Crippen molar-refractivity contribution in [2.45, 2.75) is 24.4 Å². The van der Waals surface area contributed by atoms with Crippen LogP contribution in [0.4, 0.5) is 30.7 Å². The van der Waals surface area contributed by atoms with Gasteiger partial charge in [-0.15, -0.1) is 0 Å². The van der Waals surface area contributed by atoms with E-state index >= 15 is 0 Å². The Kier molecular flexibility index (Phi) is 4.08. The quantitative estimate of drug-likeness (QED) is 0.782. The summed E-state index contributed by atoms with van der Waals surface area (Å²) >= 11 is 0. The van der Waals surface area contributed by atoms with E-state index < -0.39 is 30.2 Å². The first-order chi connectivity index (χ1) is 10.5. The van der Waals surface area contributed by atoms with Gasteiger partial charge in [0.1, 0.15) is 0 Å². The number of hydrogen-bond donors (Lipinski definition) is 0. The first-order valence-corrected chi connectivity index (χ1v) is 6.17. The zero-order chi connectivity index (χ0) is 17.5. The minimum absolute atomic E-state index is 0.295. The molecule has 0 fully saturated rings. The van der Waals surface area contributed by atoms with Crippen molar-refractivity contribution in [3.63, 3.8) is 0 Å². The third kappa shape index (κ3) is 2.99. The van der Waals surface area contributed by atoms with Crippen molar-refractivity contribution in [2.24, 2.45) is 0 Å². The molecule has 0 spiro atoms. The fourth-order valence-corrected chi connectivity index (χ4v) is 1.84. The minimum atomic E-state index is -6.54. The molecule has 0 radical (unpaired) electrons. The van der Waals surface area contributed by atoms with Crippen LogP contribution >= 0.6 is 0 Å². The molecule has 2 rings (SSSR count). The summed E-state index contributed by atoms with van der Waals surface area (Å²) in [5, 5.41) is 0.594. The Hall–Kier alpha value is -2.19. The second kappa shape index (κ2) is 5.47. The van der Waals surface area contributed by atoms with E-state index in [1.807, 2.05) is 0 Å². The van der Waals surface area contributed by atoms with Crippen LogP contribution in [-0.2, 0) is 11.2 Å². The molecule has 0 atom stereocenters. The molecule has 0 bridgehead atoms. The predicted molar refractivity (Wildman–Crippen MR) is 66.4 cm³/mol. The molecule has 0 unspecified atom stereocenters. The molecule has 0 aliphatic rings. The Morgan fingerprint density at radius 1 is 0.913 bits per heavy atom. The van der Waals surface area contributed by atoms with Gasteiger partial charge in [-0.3, -0.25) is 9.78 Å². The number of para-hydroxylation sites is 1. The van der Waals surface area contributed by atoms with Crippen LogP contribution in [0.1, 0.15) is 5.69 Å². The number of nitrogens with zero attached hydrogens (tertiary/aromatic N) is 1. The molecule has 1 aromatic carbocycles. The first-order valence-electron chi connectivity index (χ1n) is 6.17. The lowest BCUT2D eigenvalue weighted by Crippen LogP contribution is -2.56. The highest BCUT2D eigenvalue weighted by molar-refractivity contribution is 5.89. The average molecular weight is 339 g/mol. The third-order valence-corrected chi connectivity index (χ3v) is 3.10. The summed E-state index contributed by atoms with van der Waals surface area (Å²) in [4.78, 5) is 15.1. The Morgan fingerprint density at radius 3 is 2.13 bits per heavy atom. The van der Waals surface area contributed by atoms with Crippen molar-refractivity contribution < 1.29 is 35.5 Å². The molecule has 0 aliphatic carbocycles.